The van der Waals surface area contributed by atoms with Gasteiger partial charge in [0.2, 0.25) is 0 Å². The maximum absolute atomic E-state index is 12.3. The lowest BCUT2D eigenvalue weighted by atomic mass is 10.4. The molecule has 8 heteroatoms. The molecule has 7 nitrogen and oxygen atoms in total. The summed E-state index contributed by atoms with van der Waals surface area (Å²) >= 11 is 0. The van der Waals surface area contributed by atoms with Gasteiger partial charge >= 0.3 is 0 Å². The van der Waals surface area contributed by atoms with E-state index in [0.717, 1.165) is 0 Å². The highest BCUT2D eigenvalue weighted by molar-refractivity contribution is 7.92. The first-order valence-electron chi connectivity index (χ1n) is 5.90. The molecule has 2 aromatic heterocycles. The zero-order valence-corrected chi connectivity index (χ0v) is 12.2. The Morgan fingerprint density at radius 3 is 2.53 bits per heavy atom. The second-order valence-electron chi connectivity index (χ2n) is 4.32. The molecular weight excluding hydrogens is 266 g/mol. The van der Waals surface area contributed by atoms with E-state index in [2.05, 4.69) is 14.9 Å². The lowest BCUT2D eigenvalue weighted by molar-refractivity contribution is 0.598. The first kappa shape index (κ1) is 13.6. The molecule has 0 unspecified atom stereocenters. The lowest BCUT2D eigenvalue weighted by Crippen LogP contribution is -2.14. The fourth-order valence-electron chi connectivity index (χ4n) is 1.91. The monoisotopic (exact) mass is 283 g/mol. The molecule has 0 atom stereocenters. The van der Waals surface area contributed by atoms with Crippen LogP contribution < -0.4 is 4.72 Å². The van der Waals surface area contributed by atoms with Crippen LogP contribution in [0.25, 0.3) is 0 Å². The summed E-state index contributed by atoms with van der Waals surface area (Å²) in [6.45, 7) is 6.03. The van der Waals surface area contributed by atoms with Crippen LogP contribution in [0.15, 0.2) is 17.3 Å². The molecule has 0 fully saturated rings. The third kappa shape index (κ3) is 2.48. The summed E-state index contributed by atoms with van der Waals surface area (Å²) in [5.41, 5.74) is 1.73. The zero-order chi connectivity index (χ0) is 14.2. The smallest absolute Gasteiger partial charge is 0.265 e. The molecule has 0 aliphatic carbocycles. The number of rotatable bonds is 4. The van der Waals surface area contributed by atoms with Crippen molar-refractivity contribution in [3.05, 3.63) is 23.8 Å². The van der Waals surface area contributed by atoms with Gasteiger partial charge in [-0.05, 0) is 20.8 Å². The predicted octanol–water partition coefficient (Wildman–Crippen LogP) is 1.05. The minimum absolute atomic E-state index is 0.192. The fraction of sp³-hybridized carbons (Fsp3) is 0.455. The Labute approximate surface area is 112 Å². The molecule has 1 N–H and O–H groups in total. The van der Waals surface area contributed by atoms with E-state index in [1.807, 2.05) is 6.92 Å². The number of hydrogen-bond donors (Lipinski definition) is 1. The van der Waals surface area contributed by atoms with Gasteiger partial charge < -0.3 is 0 Å². The van der Waals surface area contributed by atoms with Crippen molar-refractivity contribution < 1.29 is 8.42 Å². The molecular formula is C11H17N5O2S. The number of hydrogen-bond acceptors (Lipinski definition) is 4. The van der Waals surface area contributed by atoms with E-state index in [0.29, 0.717) is 23.6 Å². The summed E-state index contributed by atoms with van der Waals surface area (Å²) < 4.78 is 30.4. The average molecular weight is 283 g/mol. The van der Waals surface area contributed by atoms with E-state index in [9.17, 15) is 8.42 Å². The van der Waals surface area contributed by atoms with Gasteiger partial charge in [-0.25, -0.2) is 8.42 Å². The predicted molar refractivity (Wildman–Crippen MR) is 71.4 cm³/mol. The molecule has 0 aliphatic rings. The molecule has 104 valence electrons. The van der Waals surface area contributed by atoms with E-state index in [1.165, 1.54) is 6.20 Å². The van der Waals surface area contributed by atoms with Gasteiger partial charge in [-0.15, -0.1) is 0 Å². The Balaban J connectivity index is 2.37. The number of aryl methyl sites for hydroxylation is 3. The van der Waals surface area contributed by atoms with Gasteiger partial charge in [0.1, 0.15) is 4.90 Å². The van der Waals surface area contributed by atoms with Gasteiger partial charge in [0, 0.05) is 19.8 Å². The summed E-state index contributed by atoms with van der Waals surface area (Å²) in [5.74, 6) is 0. The molecule has 2 heterocycles. The van der Waals surface area contributed by atoms with Gasteiger partial charge in [0.15, 0.2) is 0 Å². The normalized spacial score (nSPS) is 11.8. The molecule has 2 rings (SSSR count). The molecule has 0 saturated heterocycles. The molecule has 19 heavy (non-hydrogen) atoms. The number of sulfonamides is 1. The highest BCUT2D eigenvalue weighted by Gasteiger charge is 2.22. The van der Waals surface area contributed by atoms with E-state index in [-0.39, 0.29) is 4.90 Å². The molecule has 0 bridgehead atoms. The first-order valence-corrected chi connectivity index (χ1v) is 7.39. The number of nitrogens with one attached hydrogen (secondary N) is 1. The summed E-state index contributed by atoms with van der Waals surface area (Å²) in [5, 5.41) is 8.15. The maximum atomic E-state index is 12.3. The Kier molecular flexibility index (Phi) is 3.36. The van der Waals surface area contributed by atoms with E-state index < -0.39 is 10.0 Å². The summed E-state index contributed by atoms with van der Waals surface area (Å²) in [6.07, 6.45) is 3.00. The average Bonchev–Trinajstić information content (AvgIpc) is 2.82. The fourth-order valence-corrected chi connectivity index (χ4v) is 3.19. The minimum atomic E-state index is -3.63. The molecule has 0 amide bonds. The van der Waals surface area contributed by atoms with Crippen molar-refractivity contribution in [3.8, 4) is 0 Å². The van der Waals surface area contributed by atoms with Gasteiger partial charge in [0.25, 0.3) is 10.0 Å². The van der Waals surface area contributed by atoms with Crippen LogP contribution in [-0.2, 0) is 23.6 Å². The van der Waals surface area contributed by atoms with Crippen molar-refractivity contribution in [3.63, 3.8) is 0 Å². The van der Waals surface area contributed by atoms with Gasteiger partial charge in [-0.1, -0.05) is 0 Å². The number of nitrogens with zero attached hydrogens (tertiary/aromatic N) is 4. The SMILES string of the molecule is CCn1ncc(S(=O)(=O)Nc2cn(C)nc2C)c1C. The second kappa shape index (κ2) is 4.69. The Hall–Kier alpha value is -1.83. The van der Waals surface area contributed by atoms with E-state index in [1.54, 1.807) is 36.5 Å². The largest absolute Gasteiger partial charge is 0.276 e. The molecule has 0 spiro atoms. The summed E-state index contributed by atoms with van der Waals surface area (Å²) in [4.78, 5) is 0.192. The van der Waals surface area contributed by atoms with E-state index >= 15 is 0 Å². The van der Waals surface area contributed by atoms with Crippen LogP contribution in [-0.4, -0.2) is 28.0 Å². The van der Waals surface area contributed by atoms with Crippen molar-refractivity contribution in [2.75, 3.05) is 4.72 Å². The molecule has 2 aromatic rings. The van der Waals surface area contributed by atoms with Gasteiger partial charge in [-0.2, -0.15) is 10.2 Å². The highest BCUT2D eigenvalue weighted by Crippen LogP contribution is 2.20. The molecule has 0 saturated carbocycles. The molecule has 0 aromatic carbocycles. The third-order valence-electron chi connectivity index (χ3n) is 2.90. The van der Waals surface area contributed by atoms with Crippen molar-refractivity contribution in [1.82, 2.24) is 19.6 Å². The third-order valence-corrected chi connectivity index (χ3v) is 4.37. The molecule has 0 aliphatic heterocycles. The topological polar surface area (TPSA) is 81.8 Å². The van der Waals surface area contributed by atoms with Crippen LogP contribution >= 0.6 is 0 Å². The van der Waals surface area contributed by atoms with Crippen molar-refractivity contribution in [1.29, 1.82) is 0 Å². The maximum Gasteiger partial charge on any atom is 0.265 e. The van der Waals surface area contributed by atoms with Crippen LogP contribution in [0.3, 0.4) is 0 Å². The van der Waals surface area contributed by atoms with Crippen molar-refractivity contribution in [2.24, 2.45) is 7.05 Å². The van der Waals surface area contributed by atoms with E-state index in [4.69, 9.17) is 0 Å². The van der Waals surface area contributed by atoms with Crippen LogP contribution in [0, 0.1) is 13.8 Å². The van der Waals surface area contributed by atoms with Gasteiger partial charge in [-0.3, -0.25) is 14.1 Å². The standard InChI is InChI=1S/C11H17N5O2S/c1-5-16-9(3)11(6-12-16)19(17,18)14-10-7-15(4)13-8(10)2/h6-7,14H,5H2,1-4H3. The van der Waals surface area contributed by atoms with Crippen LogP contribution in [0.1, 0.15) is 18.3 Å². The Bertz CT molecular complexity index is 699. The second-order valence-corrected chi connectivity index (χ2v) is 5.97. The van der Waals surface area contributed by atoms with Crippen LogP contribution in [0.2, 0.25) is 0 Å². The minimum Gasteiger partial charge on any atom is -0.276 e. The van der Waals surface area contributed by atoms with Crippen LogP contribution in [0.4, 0.5) is 5.69 Å². The van der Waals surface area contributed by atoms with Crippen LogP contribution in [0.5, 0.6) is 0 Å². The Morgan fingerprint density at radius 2 is 2.05 bits per heavy atom. The summed E-state index contributed by atoms with van der Waals surface area (Å²) in [6, 6.07) is 0. The van der Waals surface area contributed by atoms with Gasteiger partial charge in [0.05, 0.1) is 23.3 Å². The Morgan fingerprint density at radius 1 is 1.37 bits per heavy atom. The summed E-state index contributed by atoms with van der Waals surface area (Å²) in [7, 11) is -1.89. The van der Waals surface area contributed by atoms with Crippen molar-refractivity contribution in [2.45, 2.75) is 32.2 Å². The zero-order valence-electron chi connectivity index (χ0n) is 11.4. The quantitative estimate of drug-likeness (QED) is 0.909. The molecule has 0 radical (unpaired) electrons. The lowest BCUT2D eigenvalue weighted by Gasteiger charge is -2.06. The number of anilines is 1. The first-order chi connectivity index (χ1) is 8.85. The van der Waals surface area contributed by atoms with Crippen molar-refractivity contribution >= 4 is 15.7 Å². The number of aromatic nitrogens is 4. The highest BCUT2D eigenvalue weighted by atomic mass is 32.2.